The van der Waals surface area contributed by atoms with Crippen molar-refractivity contribution in [2.24, 2.45) is 0 Å². The molecule has 1 heterocycles. The molecular weight excluding hydrogens is 263 g/mol. The number of aliphatic hydroxyl groups is 1. The summed E-state index contributed by atoms with van der Waals surface area (Å²) in [5, 5.41) is 17.4. The van der Waals surface area contributed by atoms with Crippen molar-refractivity contribution in [3.05, 3.63) is 45.6 Å². The van der Waals surface area contributed by atoms with Gasteiger partial charge in [-0.2, -0.15) is 0 Å². The number of benzene rings is 1. The topological polar surface area (TPSA) is 59.2 Å². The third-order valence-electron chi connectivity index (χ3n) is 2.17. The van der Waals surface area contributed by atoms with Crippen LogP contribution in [0.4, 0.5) is 0 Å². The Morgan fingerprint density at radius 3 is 2.59 bits per heavy atom. The normalized spacial score (nSPS) is 10.8. The maximum atomic E-state index is 8.73. The predicted molar refractivity (Wildman–Crippen MR) is 64.4 cm³/mol. The van der Waals surface area contributed by atoms with Crippen molar-refractivity contribution in [2.75, 3.05) is 6.61 Å². The lowest BCUT2D eigenvalue weighted by atomic mass is 10.1. The molecule has 90 valence electrons. The summed E-state index contributed by atoms with van der Waals surface area (Å²) in [6.07, 6.45) is 0.865. The zero-order chi connectivity index (χ0) is 12.3. The standard InChI is InChI=1S/C11H10Cl2N2O2/c12-8-2-1-7(5-9(8)13)6-11-15-14-10(17-11)3-4-16/h1-2,5,16H,3-4,6H2. The number of halogens is 2. The summed E-state index contributed by atoms with van der Waals surface area (Å²) < 4.78 is 5.34. The molecule has 0 spiro atoms. The fourth-order valence-corrected chi connectivity index (χ4v) is 1.70. The molecule has 6 heteroatoms. The van der Waals surface area contributed by atoms with Gasteiger partial charge in [0.1, 0.15) is 0 Å². The summed E-state index contributed by atoms with van der Waals surface area (Å²) in [6.45, 7) is -0.00555. The predicted octanol–water partition coefficient (Wildman–Crippen LogP) is 2.50. The van der Waals surface area contributed by atoms with Crippen LogP contribution in [0.2, 0.25) is 10.0 Å². The van der Waals surface area contributed by atoms with E-state index in [1.54, 1.807) is 12.1 Å². The van der Waals surface area contributed by atoms with Gasteiger partial charge in [-0.15, -0.1) is 10.2 Å². The number of hydrogen-bond donors (Lipinski definition) is 1. The summed E-state index contributed by atoms with van der Waals surface area (Å²) in [7, 11) is 0. The lowest BCUT2D eigenvalue weighted by molar-refractivity contribution is 0.283. The second-order valence-corrected chi connectivity index (χ2v) is 4.30. The van der Waals surface area contributed by atoms with E-state index in [9.17, 15) is 0 Å². The van der Waals surface area contributed by atoms with Crippen LogP contribution in [0.3, 0.4) is 0 Å². The molecule has 4 nitrogen and oxygen atoms in total. The van der Waals surface area contributed by atoms with Crippen molar-refractivity contribution in [1.29, 1.82) is 0 Å². The number of aromatic nitrogens is 2. The molecule has 0 aliphatic rings. The zero-order valence-electron chi connectivity index (χ0n) is 8.86. The van der Waals surface area contributed by atoms with E-state index < -0.39 is 0 Å². The average Bonchev–Trinajstić information content (AvgIpc) is 2.72. The van der Waals surface area contributed by atoms with E-state index in [0.29, 0.717) is 34.7 Å². The third-order valence-corrected chi connectivity index (χ3v) is 2.91. The van der Waals surface area contributed by atoms with Gasteiger partial charge in [0.25, 0.3) is 0 Å². The van der Waals surface area contributed by atoms with Crippen LogP contribution in [0.25, 0.3) is 0 Å². The Hall–Kier alpha value is -1.10. The molecule has 0 atom stereocenters. The Morgan fingerprint density at radius 2 is 1.88 bits per heavy atom. The summed E-state index contributed by atoms with van der Waals surface area (Å²) in [6, 6.07) is 5.34. The lowest BCUT2D eigenvalue weighted by Crippen LogP contribution is -1.89. The van der Waals surface area contributed by atoms with E-state index in [2.05, 4.69) is 10.2 Å². The smallest absolute Gasteiger partial charge is 0.220 e. The third kappa shape index (κ3) is 3.19. The van der Waals surface area contributed by atoms with Crippen LogP contribution in [0.1, 0.15) is 17.3 Å². The molecule has 17 heavy (non-hydrogen) atoms. The molecule has 0 saturated carbocycles. The van der Waals surface area contributed by atoms with Gasteiger partial charge < -0.3 is 9.52 Å². The maximum absolute atomic E-state index is 8.73. The highest BCUT2D eigenvalue weighted by Crippen LogP contribution is 2.23. The molecule has 0 radical (unpaired) electrons. The van der Waals surface area contributed by atoms with E-state index in [0.717, 1.165) is 5.56 Å². The molecule has 0 aliphatic heterocycles. The van der Waals surface area contributed by atoms with E-state index in [1.165, 1.54) is 0 Å². The minimum absolute atomic E-state index is 0.00555. The van der Waals surface area contributed by atoms with Gasteiger partial charge >= 0.3 is 0 Å². The minimum atomic E-state index is -0.00555. The Kier molecular flexibility index (Phi) is 3.99. The molecule has 1 aromatic heterocycles. The average molecular weight is 273 g/mol. The first-order chi connectivity index (χ1) is 8.19. The van der Waals surface area contributed by atoms with E-state index in [4.69, 9.17) is 32.7 Å². The van der Waals surface area contributed by atoms with Gasteiger partial charge in [0.2, 0.25) is 11.8 Å². The van der Waals surface area contributed by atoms with E-state index in [1.807, 2.05) is 6.07 Å². The van der Waals surface area contributed by atoms with Gasteiger partial charge in [-0.3, -0.25) is 0 Å². The molecule has 2 aromatic rings. The van der Waals surface area contributed by atoms with Gasteiger partial charge in [-0.25, -0.2) is 0 Å². The molecule has 0 fully saturated rings. The highest BCUT2D eigenvalue weighted by Gasteiger charge is 2.07. The molecule has 0 aliphatic carbocycles. The first-order valence-electron chi connectivity index (χ1n) is 5.05. The molecule has 0 saturated heterocycles. The summed E-state index contributed by atoms with van der Waals surface area (Å²) >= 11 is 11.7. The summed E-state index contributed by atoms with van der Waals surface area (Å²) in [4.78, 5) is 0. The van der Waals surface area contributed by atoms with Crippen molar-refractivity contribution in [2.45, 2.75) is 12.8 Å². The Balaban J connectivity index is 2.11. The number of aliphatic hydroxyl groups excluding tert-OH is 1. The van der Waals surface area contributed by atoms with Crippen LogP contribution in [0.5, 0.6) is 0 Å². The highest BCUT2D eigenvalue weighted by atomic mass is 35.5. The fraction of sp³-hybridized carbons (Fsp3) is 0.273. The Morgan fingerprint density at radius 1 is 1.12 bits per heavy atom. The monoisotopic (exact) mass is 272 g/mol. The largest absolute Gasteiger partial charge is 0.425 e. The number of rotatable bonds is 4. The van der Waals surface area contributed by atoms with Crippen molar-refractivity contribution >= 4 is 23.2 Å². The first kappa shape index (κ1) is 12.4. The first-order valence-corrected chi connectivity index (χ1v) is 5.80. The van der Waals surface area contributed by atoms with Crippen LogP contribution in [-0.2, 0) is 12.8 Å². The van der Waals surface area contributed by atoms with Crippen LogP contribution in [0, 0.1) is 0 Å². The highest BCUT2D eigenvalue weighted by molar-refractivity contribution is 6.42. The molecular formula is C11H10Cl2N2O2. The summed E-state index contributed by atoms with van der Waals surface area (Å²) in [5.41, 5.74) is 0.943. The molecule has 0 unspecified atom stereocenters. The molecule has 0 bridgehead atoms. The second kappa shape index (κ2) is 5.49. The van der Waals surface area contributed by atoms with Gasteiger partial charge in [0, 0.05) is 6.42 Å². The van der Waals surface area contributed by atoms with Crippen LogP contribution in [0.15, 0.2) is 22.6 Å². The van der Waals surface area contributed by atoms with Crippen molar-refractivity contribution in [3.8, 4) is 0 Å². The van der Waals surface area contributed by atoms with E-state index >= 15 is 0 Å². The molecule has 2 rings (SSSR count). The van der Waals surface area contributed by atoms with Gasteiger partial charge in [-0.05, 0) is 17.7 Å². The maximum Gasteiger partial charge on any atom is 0.220 e. The molecule has 1 N–H and O–H groups in total. The molecule has 1 aromatic carbocycles. The van der Waals surface area contributed by atoms with Crippen molar-refractivity contribution < 1.29 is 9.52 Å². The van der Waals surface area contributed by atoms with Gasteiger partial charge in [0.05, 0.1) is 23.1 Å². The minimum Gasteiger partial charge on any atom is -0.425 e. The number of nitrogens with zero attached hydrogens (tertiary/aromatic N) is 2. The quantitative estimate of drug-likeness (QED) is 0.929. The second-order valence-electron chi connectivity index (χ2n) is 3.49. The molecule has 0 amide bonds. The lowest BCUT2D eigenvalue weighted by Gasteiger charge is -1.99. The van der Waals surface area contributed by atoms with E-state index in [-0.39, 0.29) is 6.61 Å². The van der Waals surface area contributed by atoms with Crippen molar-refractivity contribution in [1.82, 2.24) is 10.2 Å². The van der Waals surface area contributed by atoms with Crippen LogP contribution in [-0.4, -0.2) is 21.9 Å². The van der Waals surface area contributed by atoms with Gasteiger partial charge in [0.15, 0.2) is 0 Å². The summed E-state index contributed by atoms with van der Waals surface area (Å²) in [5.74, 6) is 0.925. The Bertz CT molecular complexity index is 514. The van der Waals surface area contributed by atoms with Crippen LogP contribution >= 0.6 is 23.2 Å². The SMILES string of the molecule is OCCc1nnc(Cc2ccc(Cl)c(Cl)c2)o1. The fourth-order valence-electron chi connectivity index (χ4n) is 1.38. The van der Waals surface area contributed by atoms with Gasteiger partial charge in [-0.1, -0.05) is 29.3 Å². The zero-order valence-corrected chi connectivity index (χ0v) is 10.4. The van der Waals surface area contributed by atoms with Crippen molar-refractivity contribution in [3.63, 3.8) is 0 Å². The van der Waals surface area contributed by atoms with Crippen LogP contribution < -0.4 is 0 Å². The number of hydrogen-bond acceptors (Lipinski definition) is 4. The Labute approximate surface area is 108 Å².